The maximum absolute atomic E-state index is 5.64. The lowest BCUT2D eigenvalue weighted by Gasteiger charge is -2.23. The molecule has 0 heterocycles. The van der Waals surface area contributed by atoms with Crippen molar-refractivity contribution >= 4 is 11.4 Å². The van der Waals surface area contributed by atoms with Gasteiger partial charge in [0.05, 0.1) is 6.61 Å². The first-order chi connectivity index (χ1) is 13.9. The van der Waals surface area contributed by atoms with Gasteiger partial charge in [-0.1, -0.05) is 36.4 Å². The van der Waals surface area contributed by atoms with Crippen LogP contribution in [0.4, 0.5) is 11.4 Å². The normalized spacial score (nSPS) is 11.8. The Morgan fingerprint density at radius 3 is 1.76 bits per heavy atom. The van der Waals surface area contributed by atoms with E-state index in [4.69, 9.17) is 4.74 Å². The summed E-state index contributed by atoms with van der Waals surface area (Å²) in [6.45, 7) is 4.88. The van der Waals surface area contributed by atoms with Gasteiger partial charge in [-0.05, 0) is 66.4 Å². The zero-order valence-corrected chi connectivity index (χ0v) is 18.4. The summed E-state index contributed by atoms with van der Waals surface area (Å²) in [4.78, 5) is 4.29. The quantitative estimate of drug-likeness (QED) is 0.483. The molecule has 3 nitrogen and oxygen atoms in total. The first-order valence-corrected chi connectivity index (χ1v) is 10.2. The van der Waals surface area contributed by atoms with Crippen molar-refractivity contribution < 1.29 is 4.74 Å². The van der Waals surface area contributed by atoms with Crippen LogP contribution in [0.2, 0.25) is 0 Å². The van der Waals surface area contributed by atoms with Crippen molar-refractivity contribution in [3.05, 3.63) is 89.0 Å². The lowest BCUT2D eigenvalue weighted by molar-refractivity contribution is 0.340. The van der Waals surface area contributed by atoms with Crippen molar-refractivity contribution in [2.75, 3.05) is 44.6 Å². The first kappa shape index (κ1) is 20.8. The summed E-state index contributed by atoms with van der Waals surface area (Å²) in [6.07, 6.45) is 0. The molecule has 3 aromatic rings. The van der Waals surface area contributed by atoms with Crippen LogP contribution in [0.3, 0.4) is 0 Å². The summed E-state index contributed by atoms with van der Waals surface area (Å²) < 4.78 is 5.64. The van der Waals surface area contributed by atoms with E-state index in [0.717, 1.165) is 5.75 Å². The minimum atomic E-state index is 0.178. The van der Waals surface area contributed by atoms with Gasteiger partial charge in [0.2, 0.25) is 0 Å². The maximum Gasteiger partial charge on any atom is 0.119 e. The van der Waals surface area contributed by atoms with Gasteiger partial charge in [0.25, 0.3) is 0 Å². The van der Waals surface area contributed by atoms with Crippen LogP contribution in [-0.4, -0.2) is 34.8 Å². The second-order valence-electron chi connectivity index (χ2n) is 7.86. The molecule has 3 rings (SSSR count). The molecule has 0 aromatic heterocycles. The standard InChI is InChI=1S/C26H32N2O/c1-7-29-24-15-10-21(11-16-24)26(20-8-13-23(14-9-20)27(3)4)22-12-17-25(28(5)6)19(2)18-22/h8-18,26H,7H2,1-6H3. The van der Waals surface area contributed by atoms with E-state index >= 15 is 0 Å². The van der Waals surface area contributed by atoms with Gasteiger partial charge in [-0.3, -0.25) is 0 Å². The molecule has 0 bridgehead atoms. The second kappa shape index (κ2) is 9.04. The Balaban J connectivity index is 2.07. The van der Waals surface area contributed by atoms with E-state index in [-0.39, 0.29) is 5.92 Å². The number of benzene rings is 3. The van der Waals surface area contributed by atoms with Gasteiger partial charge in [0.1, 0.15) is 5.75 Å². The highest BCUT2D eigenvalue weighted by Crippen LogP contribution is 2.35. The molecular weight excluding hydrogens is 356 g/mol. The second-order valence-corrected chi connectivity index (χ2v) is 7.86. The highest BCUT2D eigenvalue weighted by Gasteiger charge is 2.18. The molecule has 0 N–H and O–H groups in total. The van der Waals surface area contributed by atoms with E-state index in [1.165, 1.54) is 33.6 Å². The Hall–Kier alpha value is -2.94. The van der Waals surface area contributed by atoms with E-state index in [1.54, 1.807) is 0 Å². The molecule has 0 aliphatic heterocycles. The Bertz CT molecular complexity index is 928. The summed E-state index contributed by atoms with van der Waals surface area (Å²) in [5, 5.41) is 0. The monoisotopic (exact) mass is 388 g/mol. The fourth-order valence-electron chi connectivity index (χ4n) is 3.83. The van der Waals surface area contributed by atoms with Gasteiger partial charge in [0.15, 0.2) is 0 Å². The van der Waals surface area contributed by atoms with E-state index in [0.29, 0.717) is 6.61 Å². The summed E-state index contributed by atoms with van der Waals surface area (Å²) in [5.41, 5.74) is 7.60. The number of hydrogen-bond donors (Lipinski definition) is 0. The lowest BCUT2D eigenvalue weighted by atomic mass is 9.84. The van der Waals surface area contributed by atoms with Crippen molar-refractivity contribution in [1.29, 1.82) is 0 Å². The molecule has 0 fully saturated rings. The van der Waals surface area contributed by atoms with Crippen LogP contribution in [0.1, 0.15) is 35.1 Å². The van der Waals surface area contributed by atoms with Gasteiger partial charge >= 0.3 is 0 Å². The molecular formula is C26H32N2O. The third-order valence-electron chi connectivity index (χ3n) is 5.30. The average Bonchev–Trinajstić information content (AvgIpc) is 2.70. The van der Waals surface area contributed by atoms with Gasteiger partial charge in [-0.25, -0.2) is 0 Å². The molecule has 0 aliphatic rings. The van der Waals surface area contributed by atoms with Crippen LogP contribution < -0.4 is 14.5 Å². The maximum atomic E-state index is 5.64. The molecule has 0 aliphatic carbocycles. The minimum Gasteiger partial charge on any atom is -0.494 e. The van der Waals surface area contributed by atoms with Crippen LogP contribution in [-0.2, 0) is 0 Å². The lowest BCUT2D eigenvalue weighted by Crippen LogP contribution is -2.11. The topological polar surface area (TPSA) is 15.7 Å². The zero-order valence-electron chi connectivity index (χ0n) is 18.4. The SMILES string of the molecule is CCOc1ccc(C(c2ccc(N(C)C)cc2)c2ccc(N(C)C)c(C)c2)cc1. The molecule has 3 aromatic carbocycles. The predicted octanol–water partition coefficient (Wildman–Crippen LogP) is 5.71. The average molecular weight is 389 g/mol. The van der Waals surface area contributed by atoms with Gasteiger partial charge in [-0.15, -0.1) is 0 Å². The summed E-state index contributed by atoms with van der Waals surface area (Å²) in [5.74, 6) is 1.09. The Labute approximate surface area is 175 Å². The fraction of sp³-hybridized carbons (Fsp3) is 0.308. The van der Waals surface area contributed by atoms with Crippen LogP contribution in [0.5, 0.6) is 5.75 Å². The van der Waals surface area contributed by atoms with Crippen molar-refractivity contribution in [1.82, 2.24) is 0 Å². The highest BCUT2D eigenvalue weighted by atomic mass is 16.5. The molecule has 3 heteroatoms. The van der Waals surface area contributed by atoms with Crippen molar-refractivity contribution in [3.63, 3.8) is 0 Å². The van der Waals surface area contributed by atoms with E-state index < -0.39 is 0 Å². The van der Waals surface area contributed by atoms with Crippen LogP contribution in [0.25, 0.3) is 0 Å². The van der Waals surface area contributed by atoms with Crippen molar-refractivity contribution in [2.45, 2.75) is 19.8 Å². The molecule has 29 heavy (non-hydrogen) atoms. The molecule has 0 radical (unpaired) electrons. The molecule has 0 spiro atoms. The van der Waals surface area contributed by atoms with Gasteiger partial charge in [0, 0.05) is 45.5 Å². The number of ether oxygens (including phenoxy) is 1. The van der Waals surface area contributed by atoms with Crippen LogP contribution >= 0.6 is 0 Å². The number of anilines is 2. The number of nitrogens with zero attached hydrogens (tertiary/aromatic N) is 2. The van der Waals surface area contributed by atoms with Crippen LogP contribution in [0.15, 0.2) is 66.7 Å². The highest BCUT2D eigenvalue weighted by molar-refractivity contribution is 5.57. The predicted molar refractivity (Wildman–Crippen MR) is 125 cm³/mol. The summed E-state index contributed by atoms with van der Waals surface area (Å²) in [7, 11) is 8.32. The fourth-order valence-corrected chi connectivity index (χ4v) is 3.83. The van der Waals surface area contributed by atoms with Gasteiger partial charge < -0.3 is 14.5 Å². The largest absolute Gasteiger partial charge is 0.494 e. The number of hydrogen-bond acceptors (Lipinski definition) is 3. The van der Waals surface area contributed by atoms with E-state index in [1.807, 2.05) is 6.92 Å². The smallest absolute Gasteiger partial charge is 0.119 e. The number of rotatable bonds is 7. The van der Waals surface area contributed by atoms with E-state index in [2.05, 4.69) is 112 Å². The molecule has 1 unspecified atom stereocenters. The molecule has 0 saturated carbocycles. The summed E-state index contributed by atoms with van der Waals surface area (Å²) >= 11 is 0. The summed E-state index contributed by atoms with van der Waals surface area (Å²) in [6, 6.07) is 24.2. The van der Waals surface area contributed by atoms with Crippen molar-refractivity contribution in [3.8, 4) is 5.75 Å². The Morgan fingerprint density at radius 2 is 1.28 bits per heavy atom. The third kappa shape index (κ3) is 4.73. The van der Waals surface area contributed by atoms with Gasteiger partial charge in [-0.2, -0.15) is 0 Å². The molecule has 0 saturated heterocycles. The van der Waals surface area contributed by atoms with Crippen LogP contribution in [0, 0.1) is 6.92 Å². The van der Waals surface area contributed by atoms with Crippen molar-refractivity contribution in [2.24, 2.45) is 0 Å². The Kier molecular flexibility index (Phi) is 6.48. The molecule has 152 valence electrons. The van der Waals surface area contributed by atoms with E-state index in [9.17, 15) is 0 Å². The zero-order chi connectivity index (χ0) is 21.0. The first-order valence-electron chi connectivity index (χ1n) is 10.2. The Morgan fingerprint density at radius 1 is 0.724 bits per heavy atom. The molecule has 0 amide bonds. The third-order valence-corrected chi connectivity index (χ3v) is 5.30. The minimum absolute atomic E-state index is 0.178. The molecule has 1 atom stereocenters. The number of aryl methyl sites for hydroxylation is 1.